The third-order valence-corrected chi connectivity index (χ3v) is 2.71. The molecule has 0 atom stereocenters. The van der Waals surface area contributed by atoms with Crippen molar-refractivity contribution in [3.05, 3.63) is 36.9 Å². The summed E-state index contributed by atoms with van der Waals surface area (Å²) in [5.74, 6) is 0.808. The number of hydrogen-bond acceptors (Lipinski definition) is 3. The Morgan fingerprint density at radius 2 is 2.00 bits per heavy atom. The molecule has 0 amide bonds. The molecule has 2 aromatic rings. The van der Waals surface area contributed by atoms with Gasteiger partial charge in [0, 0.05) is 17.8 Å². The number of nitrogens with one attached hydrogen (secondary N) is 1. The maximum atomic E-state index is 5.24. The van der Waals surface area contributed by atoms with Crippen LogP contribution in [0.25, 0.3) is 11.3 Å². The number of oxazole rings is 1. The second-order valence-corrected chi connectivity index (χ2v) is 4.08. The van der Waals surface area contributed by atoms with Gasteiger partial charge >= 0.3 is 0 Å². The first kappa shape index (κ1) is 11.7. The molecule has 0 radical (unpaired) electrons. The van der Waals surface area contributed by atoms with Crippen molar-refractivity contribution >= 4 is 5.69 Å². The minimum atomic E-state index is 0.808. The standard InChI is InChI=1S/C14H18N2O/c1-2-3-4-9-16-13-7-5-12(6-8-13)14-10-15-11-17-14/h5-8,10-11,16H,2-4,9H2,1H3. The summed E-state index contributed by atoms with van der Waals surface area (Å²) in [7, 11) is 0. The summed E-state index contributed by atoms with van der Waals surface area (Å²) in [4.78, 5) is 3.91. The van der Waals surface area contributed by atoms with E-state index >= 15 is 0 Å². The fourth-order valence-corrected chi connectivity index (χ4v) is 1.72. The van der Waals surface area contributed by atoms with Gasteiger partial charge in [-0.05, 0) is 30.7 Å². The summed E-state index contributed by atoms with van der Waals surface area (Å²) >= 11 is 0. The average Bonchev–Trinajstić information content (AvgIpc) is 2.89. The predicted molar refractivity (Wildman–Crippen MR) is 70.0 cm³/mol. The van der Waals surface area contributed by atoms with Gasteiger partial charge in [-0.1, -0.05) is 19.8 Å². The quantitative estimate of drug-likeness (QED) is 0.764. The Morgan fingerprint density at radius 3 is 2.65 bits per heavy atom. The SMILES string of the molecule is CCCCCNc1ccc(-c2cnco2)cc1. The number of anilines is 1. The molecule has 2 rings (SSSR count). The molecule has 0 saturated carbocycles. The van der Waals surface area contributed by atoms with Crippen molar-refractivity contribution in [1.29, 1.82) is 0 Å². The van der Waals surface area contributed by atoms with Crippen molar-refractivity contribution in [2.24, 2.45) is 0 Å². The van der Waals surface area contributed by atoms with Crippen LogP contribution in [0.1, 0.15) is 26.2 Å². The van der Waals surface area contributed by atoms with Gasteiger partial charge in [0.1, 0.15) is 0 Å². The fourth-order valence-electron chi connectivity index (χ4n) is 1.72. The molecule has 0 aliphatic heterocycles. The first-order valence-electron chi connectivity index (χ1n) is 6.13. The predicted octanol–water partition coefficient (Wildman–Crippen LogP) is 3.94. The smallest absolute Gasteiger partial charge is 0.181 e. The lowest BCUT2D eigenvalue weighted by Gasteiger charge is -2.06. The van der Waals surface area contributed by atoms with E-state index in [1.165, 1.54) is 25.7 Å². The molecule has 0 unspecified atom stereocenters. The molecule has 90 valence electrons. The van der Waals surface area contributed by atoms with Crippen molar-refractivity contribution in [3.8, 4) is 11.3 Å². The molecule has 17 heavy (non-hydrogen) atoms. The molecule has 1 heterocycles. The topological polar surface area (TPSA) is 38.1 Å². The van der Waals surface area contributed by atoms with Crippen molar-refractivity contribution < 1.29 is 4.42 Å². The van der Waals surface area contributed by atoms with Crippen LogP contribution in [0, 0.1) is 0 Å². The highest BCUT2D eigenvalue weighted by Gasteiger charge is 2.00. The van der Waals surface area contributed by atoms with Gasteiger partial charge in [0.25, 0.3) is 0 Å². The molecule has 1 aromatic heterocycles. The van der Waals surface area contributed by atoms with Crippen LogP contribution in [0.15, 0.2) is 41.3 Å². The maximum Gasteiger partial charge on any atom is 0.181 e. The Labute approximate surface area is 102 Å². The second-order valence-electron chi connectivity index (χ2n) is 4.08. The second kappa shape index (κ2) is 6.09. The number of unbranched alkanes of at least 4 members (excludes halogenated alkanes) is 2. The molecule has 0 saturated heterocycles. The van der Waals surface area contributed by atoms with Crippen LogP contribution in [-0.4, -0.2) is 11.5 Å². The molecule has 0 aliphatic rings. The number of benzene rings is 1. The highest BCUT2D eigenvalue weighted by atomic mass is 16.3. The van der Waals surface area contributed by atoms with E-state index in [0.29, 0.717) is 0 Å². The highest BCUT2D eigenvalue weighted by molar-refractivity contribution is 5.60. The lowest BCUT2D eigenvalue weighted by Crippen LogP contribution is -2.00. The number of hydrogen-bond donors (Lipinski definition) is 1. The van der Waals surface area contributed by atoms with Crippen molar-refractivity contribution in [2.45, 2.75) is 26.2 Å². The van der Waals surface area contributed by atoms with Gasteiger partial charge in [-0.15, -0.1) is 0 Å². The van der Waals surface area contributed by atoms with Gasteiger partial charge < -0.3 is 9.73 Å². The summed E-state index contributed by atoms with van der Waals surface area (Å²) in [5.41, 5.74) is 2.21. The van der Waals surface area contributed by atoms with Gasteiger partial charge in [-0.25, -0.2) is 4.98 Å². The van der Waals surface area contributed by atoms with E-state index in [1.807, 2.05) is 12.1 Å². The van der Waals surface area contributed by atoms with Crippen molar-refractivity contribution in [3.63, 3.8) is 0 Å². The van der Waals surface area contributed by atoms with Gasteiger partial charge in [-0.2, -0.15) is 0 Å². The Balaban J connectivity index is 1.90. The summed E-state index contributed by atoms with van der Waals surface area (Å²) in [6.45, 7) is 3.25. The molecule has 3 nitrogen and oxygen atoms in total. The molecule has 0 fully saturated rings. The molecule has 1 aromatic carbocycles. The van der Waals surface area contributed by atoms with Crippen LogP contribution in [0.4, 0.5) is 5.69 Å². The normalized spacial score (nSPS) is 10.4. The summed E-state index contributed by atoms with van der Waals surface area (Å²) in [6.07, 6.45) is 6.94. The van der Waals surface area contributed by atoms with Crippen molar-refractivity contribution in [1.82, 2.24) is 4.98 Å². The van der Waals surface area contributed by atoms with E-state index in [4.69, 9.17) is 4.42 Å². The summed E-state index contributed by atoms with van der Waals surface area (Å²) in [5, 5.41) is 3.41. The maximum absolute atomic E-state index is 5.24. The first-order chi connectivity index (χ1) is 8.40. The molecule has 0 bridgehead atoms. The van der Waals surface area contributed by atoms with E-state index in [0.717, 1.165) is 23.6 Å². The summed E-state index contributed by atoms with van der Waals surface area (Å²) < 4.78 is 5.24. The Kier molecular flexibility index (Phi) is 4.19. The van der Waals surface area contributed by atoms with Crippen molar-refractivity contribution in [2.75, 3.05) is 11.9 Å². The number of nitrogens with zero attached hydrogens (tertiary/aromatic N) is 1. The monoisotopic (exact) mass is 230 g/mol. The Bertz CT molecular complexity index is 420. The van der Waals surface area contributed by atoms with Gasteiger partial charge in [0.2, 0.25) is 0 Å². The minimum absolute atomic E-state index is 0.808. The van der Waals surface area contributed by atoms with Crippen LogP contribution in [-0.2, 0) is 0 Å². The average molecular weight is 230 g/mol. The third kappa shape index (κ3) is 3.34. The van der Waals surface area contributed by atoms with Crippen LogP contribution in [0.5, 0.6) is 0 Å². The van der Waals surface area contributed by atoms with Gasteiger partial charge in [-0.3, -0.25) is 0 Å². The van der Waals surface area contributed by atoms with Gasteiger partial charge in [0.05, 0.1) is 6.20 Å². The molecule has 0 aliphatic carbocycles. The highest BCUT2D eigenvalue weighted by Crippen LogP contribution is 2.20. The van der Waals surface area contributed by atoms with Crippen LogP contribution < -0.4 is 5.32 Å². The van der Waals surface area contributed by atoms with E-state index in [9.17, 15) is 0 Å². The fraction of sp³-hybridized carbons (Fsp3) is 0.357. The number of aromatic nitrogens is 1. The van der Waals surface area contributed by atoms with Crippen LogP contribution in [0.3, 0.4) is 0 Å². The van der Waals surface area contributed by atoms with Crippen LogP contribution >= 0.6 is 0 Å². The van der Waals surface area contributed by atoms with E-state index in [-0.39, 0.29) is 0 Å². The first-order valence-corrected chi connectivity index (χ1v) is 6.13. The Morgan fingerprint density at radius 1 is 1.18 bits per heavy atom. The molecule has 3 heteroatoms. The minimum Gasteiger partial charge on any atom is -0.444 e. The van der Waals surface area contributed by atoms with E-state index in [1.54, 1.807) is 6.20 Å². The molecular formula is C14H18N2O. The third-order valence-electron chi connectivity index (χ3n) is 2.71. The largest absolute Gasteiger partial charge is 0.444 e. The molecule has 1 N–H and O–H groups in total. The van der Waals surface area contributed by atoms with E-state index in [2.05, 4.69) is 29.4 Å². The zero-order valence-corrected chi connectivity index (χ0v) is 10.1. The number of rotatable bonds is 6. The zero-order valence-electron chi connectivity index (χ0n) is 10.1. The molecular weight excluding hydrogens is 212 g/mol. The zero-order chi connectivity index (χ0) is 11.9. The van der Waals surface area contributed by atoms with Crippen LogP contribution in [0.2, 0.25) is 0 Å². The van der Waals surface area contributed by atoms with E-state index < -0.39 is 0 Å². The summed E-state index contributed by atoms with van der Waals surface area (Å²) in [6, 6.07) is 8.24. The van der Waals surface area contributed by atoms with Gasteiger partial charge in [0.15, 0.2) is 12.2 Å². The lowest BCUT2D eigenvalue weighted by molar-refractivity contribution is 0.572. The Hall–Kier alpha value is -1.77. The molecule has 0 spiro atoms. The lowest BCUT2D eigenvalue weighted by atomic mass is 10.1.